The monoisotopic (exact) mass is 303 g/mol. The first-order chi connectivity index (χ1) is 10.2. The highest BCUT2D eigenvalue weighted by Crippen LogP contribution is 2.20. The van der Waals surface area contributed by atoms with E-state index in [1.807, 2.05) is 18.2 Å². The van der Waals surface area contributed by atoms with Gasteiger partial charge in [0.25, 0.3) is 0 Å². The topological polar surface area (TPSA) is 53.1 Å². The Hall–Kier alpha value is -1.46. The van der Waals surface area contributed by atoms with Crippen LogP contribution >= 0.6 is 12.2 Å². The Kier molecular flexibility index (Phi) is 4.51. The van der Waals surface area contributed by atoms with Gasteiger partial charge in [0.05, 0.1) is 28.5 Å². The van der Waals surface area contributed by atoms with Crippen LogP contribution in [-0.2, 0) is 17.7 Å². The van der Waals surface area contributed by atoms with Crippen molar-refractivity contribution in [1.82, 2.24) is 9.55 Å². The van der Waals surface area contributed by atoms with Crippen LogP contribution in [0.1, 0.15) is 31.5 Å². The Balaban J connectivity index is 1.75. The first-order valence-electron chi connectivity index (χ1n) is 7.58. The van der Waals surface area contributed by atoms with E-state index < -0.39 is 0 Å². The third-order valence-electron chi connectivity index (χ3n) is 4.00. The summed E-state index contributed by atoms with van der Waals surface area (Å²) in [5.74, 6) is 0.969. The molecule has 0 bridgehead atoms. The molecule has 1 unspecified atom stereocenters. The van der Waals surface area contributed by atoms with Crippen LogP contribution in [0.4, 0.5) is 0 Å². The number of nitrogens with two attached hydrogens (primary N) is 1. The van der Waals surface area contributed by atoms with Crippen molar-refractivity contribution in [2.24, 2.45) is 5.73 Å². The third-order valence-corrected chi connectivity index (χ3v) is 4.14. The molecule has 0 aliphatic carbocycles. The smallest absolute Gasteiger partial charge is 0.116 e. The predicted octanol–water partition coefficient (Wildman–Crippen LogP) is 2.82. The summed E-state index contributed by atoms with van der Waals surface area (Å²) in [6.07, 6.45) is 5.60. The van der Waals surface area contributed by atoms with Gasteiger partial charge >= 0.3 is 0 Å². The normalized spacial score (nSPS) is 18.4. The molecule has 21 heavy (non-hydrogen) atoms. The zero-order valence-corrected chi connectivity index (χ0v) is 12.9. The maximum absolute atomic E-state index is 5.70. The van der Waals surface area contributed by atoms with Crippen molar-refractivity contribution in [2.45, 2.75) is 44.8 Å². The minimum absolute atomic E-state index is 0.443. The van der Waals surface area contributed by atoms with Crippen LogP contribution in [0.5, 0.6) is 0 Å². The van der Waals surface area contributed by atoms with Gasteiger partial charge in [-0.15, -0.1) is 0 Å². The fourth-order valence-electron chi connectivity index (χ4n) is 3.01. The second kappa shape index (κ2) is 6.54. The summed E-state index contributed by atoms with van der Waals surface area (Å²) in [5, 5.41) is 0. The summed E-state index contributed by atoms with van der Waals surface area (Å²) < 4.78 is 7.94. The lowest BCUT2D eigenvalue weighted by Crippen LogP contribution is -2.16. The van der Waals surface area contributed by atoms with Gasteiger partial charge in [-0.05, 0) is 37.8 Å². The first-order valence-corrected chi connectivity index (χ1v) is 7.99. The number of ether oxygens (including phenoxy) is 1. The number of aromatic nitrogens is 2. The second-order valence-electron chi connectivity index (χ2n) is 5.59. The van der Waals surface area contributed by atoms with E-state index in [-0.39, 0.29) is 0 Å². The number of hydrogen-bond acceptors (Lipinski definition) is 3. The standard InChI is InChI=1S/C16H21N3OS/c17-15(21)11-16-18-13-7-1-2-8-14(13)19(16)9-3-5-12-6-4-10-20-12/h1-2,7-8,12H,3-6,9-11H2,(H2,17,21). The number of aryl methyl sites for hydroxylation is 1. The molecular formula is C16H21N3OS. The van der Waals surface area contributed by atoms with Crippen molar-refractivity contribution in [2.75, 3.05) is 6.61 Å². The number of hydrogen-bond donors (Lipinski definition) is 1. The van der Waals surface area contributed by atoms with Crippen molar-refractivity contribution in [3.63, 3.8) is 0 Å². The molecule has 1 aromatic heterocycles. The molecule has 4 nitrogen and oxygen atoms in total. The Morgan fingerprint density at radius 2 is 2.29 bits per heavy atom. The van der Waals surface area contributed by atoms with Crippen LogP contribution in [-0.4, -0.2) is 27.3 Å². The Bertz CT molecular complexity index is 631. The lowest BCUT2D eigenvalue weighted by Gasteiger charge is -2.12. The van der Waals surface area contributed by atoms with E-state index in [0.717, 1.165) is 42.9 Å². The average molecular weight is 303 g/mol. The summed E-state index contributed by atoms with van der Waals surface area (Å²) in [6, 6.07) is 8.20. The van der Waals surface area contributed by atoms with Gasteiger partial charge in [-0.1, -0.05) is 24.4 Å². The van der Waals surface area contributed by atoms with Crippen LogP contribution in [0.2, 0.25) is 0 Å². The maximum Gasteiger partial charge on any atom is 0.116 e. The molecule has 1 aliphatic rings. The molecular weight excluding hydrogens is 282 g/mol. The summed E-state index contributed by atoms with van der Waals surface area (Å²) in [6.45, 7) is 1.86. The second-order valence-corrected chi connectivity index (χ2v) is 6.11. The lowest BCUT2D eigenvalue weighted by atomic mass is 10.1. The number of thiocarbonyl (C=S) groups is 1. The zero-order valence-electron chi connectivity index (χ0n) is 12.1. The Labute approximate surface area is 130 Å². The van der Waals surface area contributed by atoms with E-state index in [2.05, 4.69) is 15.6 Å². The van der Waals surface area contributed by atoms with E-state index in [9.17, 15) is 0 Å². The van der Waals surface area contributed by atoms with E-state index in [1.165, 1.54) is 12.8 Å². The van der Waals surface area contributed by atoms with Crippen LogP contribution in [0.3, 0.4) is 0 Å². The van der Waals surface area contributed by atoms with E-state index >= 15 is 0 Å². The minimum atomic E-state index is 0.443. The molecule has 1 fully saturated rings. The molecule has 2 aromatic rings. The number of rotatable bonds is 6. The first kappa shape index (κ1) is 14.5. The van der Waals surface area contributed by atoms with Crippen LogP contribution in [0.15, 0.2) is 24.3 Å². The molecule has 1 aliphatic heterocycles. The van der Waals surface area contributed by atoms with Crippen LogP contribution < -0.4 is 5.73 Å². The van der Waals surface area contributed by atoms with E-state index in [1.54, 1.807) is 0 Å². The van der Waals surface area contributed by atoms with Crippen molar-refractivity contribution < 1.29 is 4.74 Å². The molecule has 1 saturated heterocycles. The maximum atomic E-state index is 5.70. The van der Waals surface area contributed by atoms with Gasteiger partial charge in [-0.2, -0.15) is 0 Å². The summed E-state index contributed by atoms with van der Waals surface area (Å²) >= 11 is 5.05. The van der Waals surface area contributed by atoms with Gasteiger partial charge in [0.2, 0.25) is 0 Å². The lowest BCUT2D eigenvalue weighted by molar-refractivity contribution is 0.101. The van der Waals surface area contributed by atoms with Crippen molar-refractivity contribution in [3.8, 4) is 0 Å². The zero-order chi connectivity index (χ0) is 14.7. The summed E-state index contributed by atoms with van der Waals surface area (Å²) in [7, 11) is 0. The van der Waals surface area contributed by atoms with Crippen LogP contribution in [0.25, 0.3) is 11.0 Å². The van der Waals surface area contributed by atoms with Gasteiger partial charge in [0, 0.05) is 13.2 Å². The number of nitrogens with zero attached hydrogens (tertiary/aromatic N) is 2. The highest BCUT2D eigenvalue weighted by Gasteiger charge is 2.16. The molecule has 5 heteroatoms. The third kappa shape index (κ3) is 3.41. The molecule has 1 aromatic carbocycles. The molecule has 0 spiro atoms. The van der Waals surface area contributed by atoms with E-state index in [0.29, 0.717) is 17.5 Å². The molecule has 1 atom stereocenters. The highest BCUT2D eigenvalue weighted by molar-refractivity contribution is 7.80. The van der Waals surface area contributed by atoms with Gasteiger partial charge in [0.1, 0.15) is 5.82 Å². The van der Waals surface area contributed by atoms with Gasteiger partial charge in [0.15, 0.2) is 0 Å². The van der Waals surface area contributed by atoms with Gasteiger partial charge in [-0.25, -0.2) is 4.98 Å². The van der Waals surface area contributed by atoms with E-state index in [4.69, 9.17) is 22.7 Å². The van der Waals surface area contributed by atoms with Gasteiger partial charge in [-0.3, -0.25) is 0 Å². The molecule has 0 radical (unpaired) electrons. The van der Waals surface area contributed by atoms with Crippen molar-refractivity contribution >= 4 is 28.2 Å². The van der Waals surface area contributed by atoms with Crippen LogP contribution in [0, 0.1) is 0 Å². The summed E-state index contributed by atoms with van der Waals surface area (Å²) in [4.78, 5) is 5.16. The van der Waals surface area contributed by atoms with Crippen molar-refractivity contribution in [1.29, 1.82) is 0 Å². The molecule has 2 heterocycles. The molecule has 112 valence electrons. The SMILES string of the molecule is NC(=S)Cc1nc2ccccc2n1CCCC1CCCO1. The van der Waals surface area contributed by atoms with Crippen molar-refractivity contribution in [3.05, 3.63) is 30.1 Å². The fraction of sp³-hybridized carbons (Fsp3) is 0.500. The molecule has 2 N–H and O–H groups in total. The predicted molar refractivity (Wildman–Crippen MR) is 88.4 cm³/mol. The highest BCUT2D eigenvalue weighted by atomic mass is 32.1. The van der Waals surface area contributed by atoms with Gasteiger partial charge < -0.3 is 15.0 Å². The summed E-state index contributed by atoms with van der Waals surface area (Å²) in [5.41, 5.74) is 7.88. The molecule has 0 saturated carbocycles. The molecule has 0 amide bonds. The Morgan fingerprint density at radius 1 is 1.43 bits per heavy atom. The average Bonchev–Trinajstić information content (AvgIpc) is 3.07. The number of imidazole rings is 1. The number of benzene rings is 1. The quantitative estimate of drug-likeness (QED) is 0.834. The molecule has 3 rings (SSSR count). The minimum Gasteiger partial charge on any atom is -0.393 e. The fourth-order valence-corrected chi connectivity index (χ4v) is 3.14. The largest absolute Gasteiger partial charge is 0.393 e. The number of para-hydroxylation sites is 2. The number of fused-ring (bicyclic) bond motifs is 1. The Morgan fingerprint density at radius 3 is 3.05 bits per heavy atom.